The quantitative estimate of drug-likeness (QED) is 0.370. The Bertz CT molecular complexity index is 274. The first-order chi connectivity index (χ1) is 8.49. The first-order valence-electron chi connectivity index (χ1n) is 7.44. The van der Waals surface area contributed by atoms with Gasteiger partial charge in [0.05, 0.1) is 0 Å². The molecule has 106 valence electrons. The second kappa shape index (κ2) is 11.3. The molecule has 0 rings (SSSR count). The van der Waals surface area contributed by atoms with Gasteiger partial charge in [-0.3, -0.25) is 0 Å². The molecule has 0 bridgehead atoms. The summed E-state index contributed by atoms with van der Waals surface area (Å²) < 4.78 is 0. The molecule has 0 aliphatic heterocycles. The van der Waals surface area contributed by atoms with Gasteiger partial charge in [-0.1, -0.05) is 57.6 Å². The smallest absolute Gasteiger partial charge is 0.0100 e. The number of allylic oxidation sites excluding steroid dienone is 5. The third kappa shape index (κ3) is 6.23. The summed E-state index contributed by atoms with van der Waals surface area (Å²) in [6, 6.07) is 0. The van der Waals surface area contributed by atoms with Crippen molar-refractivity contribution in [3.05, 3.63) is 35.5 Å². The van der Waals surface area contributed by atoms with Crippen molar-refractivity contribution in [2.75, 3.05) is 0 Å². The molecule has 0 heterocycles. The third-order valence-electron chi connectivity index (χ3n) is 3.32. The Morgan fingerprint density at radius 2 is 1.44 bits per heavy atom. The van der Waals surface area contributed by atoms with Gasteiger partial charge in [-0.2, -0.15) is 0 Å². The fourth-order valence-corrected chi connectivity index (χ4v) is 2.54. The van der Waals surface area contributed by atoms with Crippen LogP contribution in [0, 0.1) is 11.8 Å². The number of hydrogen-bond donors (Lipinski definition) is 0. The Labute approximate surface area is 116 Å². The molecule has 0 aromatic carbocycles. The standard InChI is InChI=1S/C16H28.C2H6/c1-8-11-16(13(6)7)15(10-3)14(9-2)12(4)5;1-2/h8,11,14-15H,4,9-10H2,1-3,5-7H3;1-2H3/b11-8-;. The van der Waals surface area contributed by atoms with Crippen molar-refractivity contribution in [3.63, 3.8) is 0 Å². The van der Waals surface area contributed by atoms with E-state index in [0.717, 1.165) is 0 Å². The minimum Gasteiger partial charge on any atom is -0.0998 e. The first-order valence-corrected chi connectivity index (χ1v) is 7.44. The fourth-order valence-electron chi connectivity index (χ4n) is 2.54. The second-order valence-corrected chi connectivity index (χ2v) is 4.83. The lowest BCUT2D eigenvalue weighted by Crippen LogP contribution is -2.17. The van der Waals surface area contributed by atoms with Crippen LogP contribution in [0.25, 0.3) is 0 Å². The van der Waals surface area contributed by atoms with Crippen LogP contribution >= 0.6 is 0 Å². The topological polar surface area (TPSA) is 0 Å². The zero-order chi connectivity index (χ0) is 14.7. The van der Waals surface area contributed by atoms with E-state index >= 15 is 0 Å². The maximum absolute atomic E-state index is 4.15. The van der Waals surface area contributed by atoms with Crippen molar-refractivity contribution in [1.82, 2.24) is 0 Å². The number of hydrogen-bond acceptors (Lipinski definition) is 0. The molecule has 0 nitrogen and oxygen atoms in total. The highest BCUT2D eigenvalue weighted by Crippen LogP contribution is 2.33. The number of rotatable bonds is 6. The van der Waals surface area contributed by atoms with Crippen LogP contribution in [0.4, 0.5) is 0 Å². The zero-order valence-corrected chi connectivity index (χ0v) is 13.9. The SMILES string of the molecule is C=C(C)C(CC)C(CC)C(/C=C\C)=C(C)C.CC. The second-order valence-electron chi connectivity index (χ2n) is 4.83. The molecular formula is C18H34. The lowest BCUT2D eigenvalue weighted by atomic mass is 9.77. The van der Waals surface area contributed by atoms with Gasteiger partial charge in [0.1, 0.15) is 0 Å². The maximum atomic E-state index is 4.15. The van der Waals surface area contributed by atoms with Crippen LogP contribution in [0.15, 0.2) is 35.5 Å². The van der Waals surface area contributed by atoms with Gasteiger partial charge in [0.25, 0.3) is 0 Å². The van der Waals surface area contributed by atoms with Crippen molar-refractivity contribution < 1.29 is 0 Å². The third-order valence-corrected chi connectivity index (χ3v) is 3.32. The summed E-state index contributed by atoms with van der Waals surface area (Å²) in [5.41, 5.74) is 4.25. The normalized spacial score (nSPS) is 13.6. The molecule has 0 saturated heterocycles. The Kier molecular flexibility index (Phi) is 12.3. The van der Waals surface area contributed by atoms with E-state index in [-0.39, 0.29) is 0 Å². The highest BCUT2D eigenvalue weighted by molar-refractivity contribution is 5.28. The minimum absolute atomic E-state index is 0.617. The van der Waals surface area contributed by atoms with Gasteiger partial charge < -0.3 is 0 Å². The van der Waals surface area contributed by atoms with Crippen molar-refractivity contribution >= 4 is 0 Å². The molecule has 0 N–H and O–H groups in total. The van der Waals surface area contributed by atoms with E-state index in [2.05, 4.69) is 60.3 Å². The molecule has 0 saturated carbocycles. The molecule has 0 heteroatoms. The van der Waals surface area contributed by atoms with Crippen LogP contribution in [0.2, 0.25) is 0 Å². The fraction of sp³-hybridized carbons (Fsp3) is 0.667. The van der Waals surface area contributed by atoms with Crippen LogP contribution in [0.3, 0.4) is 0 Å². The summed E-state index contributed by atoms with van der Waals surface area (Å²) in [5, 5.41) is 0. The molecule has 0 amide bonds. The van der Waals surface area contributed by atoms with Crippen molar-refractivity contribution in [2.45, 2.75) is 68.2 Å². The van der Waals surface area contributed by atoms with Crippen LogP contribution in [0.5, 0.6) is 0 Å². The molecule has 0 spiro atoms. The first kappa shape index (κ1) is 19.6. The summed E-state index contributed by atoms with van der Waals surface area (Å²) >= 11 is 0. The summed E-state index contributed by atoms with van der Waals surface area (Å²) in [6.45, 7) is 21.4. The predicted octanol–water partition coefficient (Wildman–Crippen LogP) is 6.55. The van der Waals surface area contributed by atoms with E-state index < -0.39 is 0 Å². The van der Waals surface area contributed by atoms with E-state index in [1.54, 1.807) is 0 Å². The molecule has 0 aromatic heterocycles. The average Bonchev–Trinajstić information content (AvgIpc) is 2.35. The van der Waals surface area contributed by atoms with Gasteiger partial charge in [-0.15, -0.1) is 0 Å². The monoisotopic (exact) mass is 250 g/mol. The van der Waals surface area contributed by atoms with Crippen LogP contribution in [-0.2, 0) is 0 Å². The van der Waals surface area contributed by atoms with Crippen molar-refractivity contribution in [1.29, 1.82) is 0 Å². The lowest BCUT2D eigenvalue weighted by molar-refractivity contribution is 0.413. The Hall–Kier alpha value is -0.780. The maximum Gasteiger partial charge on any atom is -0.0100 e. The largest absolute Gasteiger partial charge is 0.0998 e. The summed E-state index contributed by atoms with van der Waals surface area (Å²) in [6.07, 6.45) is 6.80. The molecule has 0 aromatic rings. The van der Waals surface area contributed by atoms with E-state index in [4.69, 9.17) is 0 Å². The average molecular weight is 250 g/mol. The van der Waals surface area contributed by atoms with Gasteiger partial charge in [-0.25, -0.2) is 0 Å². The lowest BCUT2D eigenvalue weighted by Gasteiger charge is -2.28. The van der Waals surface area contributed by atoms with Gasteiger partial charge in [0, 0.05) is 0 Å². The predicted molar refractivity (Wildman–Crippen MR) is 86.9 cm³/mol. The zero-order valence-electron chi connectivity index (χ0n) is 13.9. The van der Waals surface area contributed by atoms with E-state index in [9.17, 15) is 0 Å². The Morgan fingerprint density at radius 3 is 1.67 bits per heavy atom. The molecule has 2 unspecified atom stereocenters. The summed E-state index contributed by atoms with van der Waals surface area (Å²) in [7, 11) is 0. The van der Waals surface area contributed by atoms with Gasteiger partial charge in [0.2, 0.25) is 0 Å². The molecular weight excluding hydrogens is 216 g/mol. The summed E-state index contributed by atoms with van der Waals surface area (Å²) in [5.74, 6) is 1.25. The van der Waals surface area contributed by atoms with Crippen molar-refractivity contribution in [2.24, 2.45) is 11.8 Å². The van der Waals surface area contributed by atoms with Crippen LogP contribution in [-0.4, -0.2) is 0 Å². The Morgan fingerprint density at radius 1 is 1.00 bits per heavy atom. The minimum atomic E-state index is 0.617. The summed E-state index contributed by atoms with van der Waals surface area (Å²) in [4.78, 5) is 0. The van der Waals surface area contributed by atoms with Gasteiger partial charge >= 0.3 is 0 Å². The highest BCUT2D eigenvalue weighted by atomic mass is 14.3. The van der Waals surface area contributed by atoms with Crippen LogP contribution in [0.1, 0.15) is 68.2 Å². The molecule has 0 aliphatic carbocycles. The van der Waals surface area contributed by atoms with E-state index in [0.29, 0.717) is 11.8 Å². The van der Waals surface area contributed by atoms with E-state index in [1.807, 2.05) is 13.8 Å². The van der Waals surface area contributed by atoms with E-state index in [1.165, 1.54) is 29.6 Å². The van der Waals surface area contributed by atoms with Gasteiger partial charge in [0.15, 0.2) is 0 Å². The van der Waals surface area contributed by atoms with Crippen molar-refractivity contribution in [3.8, 4) is 0 Å². The Balaban J connectivity index is 0. The highest BCUT2D eigenvalue weighted by Gasteiger charge is 2.21. The molecule has 18 heavy (non-hydrogen) atoms. The molecule has 0 radical (unpaired) electrons. The molecule has 2 atom stereocenters. The van der Waals surface area contributed by atoms with Gasteiger partial charge in [-0.05, 0) is 57.9 Å². The molecule has 0 aliphatic rings. The van der Waals surface area contributed by atoms with Crippen LogP contribution < -0.4 is 0 Å². The molecule has 0 fully saturated rings.